The number of nitrogens with zero attached hydrogens (tertiary/aromatic N) is 3. The second-order valence-corrected chi connectivity index (χ2v) is 10.6. The second-order valence-electron chi connectivity index (χ2n) is 8.95. The zero-order valence-corrected chi connectivity index (χ0v) is 21.4. The molecule has 1 atom stereocenters. The second kappa shape index (κ2) is 9.32. The van der Waals surface area contributed by atoms with Gasteiger partial charge in [0.15, 0.2) is 5.04 Å². The van der Waals surface area contributed by atoms with Crippen LogP contribution in [-0.4, -0.2) is 47.8 Å². The number of amides is 1. The van der Waals surface area contributed by atoms with Crippen molar-refractivity contribution in [2.24, 2.45) is 0 Å². The van der Waals surface area contributed by atoms with Crippen LogP contribution in [0.4, 0.5) is 5.95 Å². The number of likely N-dealkylation sites (N-methyl/N-ethyl adjacent to an activating group) is 1. The van der Waals surface area contributed by atoms with Gasteiger partial charge in [-0.1, -0.05) is 42.5 Å². The molecular weight excluding hydrogens is 492 g/mol. The molecule has 2 aliphatic rings. The molecule has 2 aromatic carbocycles. The predicted molar refractivity (Wildman–Crippen MR) is 140 cm³/mol. The number of sulfonamides is 1. The van der Waals surface area contributed by atoms with E-state index >= 15 is 0 Å². The molecule has 2 aliphatic heterocycles. The zero-order valence-electron chi connectivity index (χ0n) is 20.6. The monoisotopic (exact) mass is 518 g/mol. The van der Waals surface area contributed by atoms with Crippen molar-refractivity contribution in [3.8, 4) is 17.1 Å². The van der Waals surface area contributed by atoms with E-state index in [9.17, 15) is 13.2 Å². The third-order valence-electron chi connectivity index (χ3n) is 6.43. The summed E-state index contributed by atoms with van der Waals surface area (Å²) in [6, 6.07) is 15.1. The first-order valence-electron chi connectivity index (χ1n) is 11.7. The van der Waals surface area contributed by atoms with Crippen LogP contribution in [0.15, 0.2) is 60.3 Å². The van der Waals surface area contributed by atoms with Crippen molar-refractivity contribution in [2.45, 2.75) is 26.5 Å². The van der Waals surface area contributed by atoms with E-state index in [1.165, 1.54) is 7.05 Å². The van der Waals surface area contributed by atoms with Gasteiger partial charge < -0.3 is 15.0 Å². The van der Waals surface area contributed by atoms with E-state index in [1.54, 1.807) is 11.0 Å². The number of anilines is 1. The first-order chi connectivity index (χ1) is 17.7. The van der Waals surface area contributed by atoms with Gasteiger partial charge in [0.2, 0.25) is 11.8 Å². The molecule has 4 bridgehead atoms. The summed E-state index contributed by atoms with van der Waals surface area (Å²) in [6.45, 7) is 4.41. The van der Waals surface area contributed by atoms with E-state index in [2.05, 4.69) is 20.0 Å². The van der Waals surface area contributed by atoms with Crippen molar-refractivity contribution >= 4 is 26.9 Å². The van der Waals surface area contributed by atoms with Crippen LogP contribution < -0.4 is 14.8 Å². The number of rotatable bonds is 2. The summed E-state index contributed by atoms with van der Waals surface area (Å²) in [5.41, 5.74) is 4.99. The van der Waals surface area contributed by atoms with Gasteiger partial charge in [-0.3, -0.25) is 10.2 Å². The Morgan fingerprint density at radius 1 is 1.11 bits per heavy atom. The number of benzene rings is 2. The molecule has 0 saturated heterocycles. The Kier molecular flexibility index (Phi) is 6.16. The summed E-state index contributed by atoms with van der Waals surface area (Å²) in [5, 5.41) is 10.2. The summed E-state index contributed by atoms with van der Waals surface area (Å²) in [6.07, 6.45) is 0.437. The summed E-state index contributed by atoms with van der Waals surface area (Å²) in [5.74, 6) is -0.531. The zero-order chi connectivity index (χ0) is 26.3. The first-order valence-corrected chi connectivity index (χ1v) is 13.1. The van der Waals surface area contributed by atoms with Crippen molar-refractivity contribution in [1.82, 2.24) is 20.2 Å². The van der Waals surface area contributed by atoms with Crippen LogP contribution >= 0.6 is 0 Å². The van der Waals surface area contributed by atoms with Crippen LogP contribution in [0.5, 0.6) is 5.88 Å². The van der Waals surface area contributed by atoms with Crippen molar-refractivity contribution < 1.29 is 17.9 Å². The molecule has 0 spiro atoms. The van der Waals surface area contributed by atoms with Gasteiger partial charge in [0.25, 0.3) is 15.9 Å². The molecule has 5 rings (SSSR count). The topological polar surface area (TPSA) is 137 Å². The maximum absolute atomic E-state index is 13.4. The molecule has 3 aromatic rings. The van der Waals surface area contributed by atoms with Crippen LogP contribution in [0.25, 0.3) is 11.3 Å². The maximum Gasteiger partial charge on any atom is 0.281 e. The Bertz CT molecular complexity index is 1550. The summed E-state index contributed by atoms with van der Waals surface area (Å²) >= 11 is 0. The molecule has 3 heterocycles. The minimum absolute atomic E-state index is 0.0309. The van der Waals surface area contributed by atoms with E-state index in [0.717, 1.165) is 33.9 Å². The molecule has 0 radical (unpaired) electrons. The fraction of sp³-hybridized carbons (Fsp3) is 0.231. The van der Waals surface area contributed by atoms with Crippen LogP contribution in [0.2, 0.25) is 0 Å². The summed E-state index contributed by atoms with van der Waals surface area (Å²) in [7, 11) is -2.89. The lowest BCUT2D eigenvalue weighted by atomic mass is 9.97. The number of nitrogens with one attached hydrogen (secondary N) is 3. The fourth-order valence-corrected chi connectivity index (χ4v) is 5.35. The Balaban J connectivity index is 1.72. The van der Waals surface area contributed by atoms with Crippen LogP contribution in [0.3, 0.4) is 0 Å². The van der Waals surface area contributed by atoms with Crippen molar-refractivity contribution in [3.05, 3.63) is 82.6 Å². The number of hydrogen-bond acceptors (Lipinski definition) is 8. The average Bonchev–Trinajstić information content (AvgIpc) is 2.86. The first kappa shape index (κ1) is 24.4. The van der Waals surface area contributed by atoms with E-state index < -0.39 is 27.1 Å². The molecule has 1 aromatic heterocycles. The number of aromatic nitrogens is 2. The third-order valence-corrected chi connectivity index (χ3v) is 7.58. The van der Waals surface area contributed by atoms with E-state index in [1.807, 2.05) is 56.3 Å². The summed E-state index contributed by atoms with van der Waals surface area (Å²) in [4.78, 5) is 23.7. The smallest absolute Gasteiger partial charge is 0.281 e. The number of fused-ring (bicyclic) bond motifs is 6. The lowest BCUT2D eigenvalue weighted by Gasteiger charge is -2.35. The molecule has 0 saturated carbocycles. The lowest BCUT2D eigenvalue weighted by molar-refractivity contribution is -0.130. The SMILES string of the molecule is CN/C1=C\C(=N)S(=O)(=O)Nc2nc(cc(-c3c(C)cccc3C)n2)OC2CN(Cc3ccccc32)C1=O. The molecule has 10 nitrogen and oxygen atoms in total. The number of carbonyl (C=O) groups is 1. The van der Waals surface area contributed by atoms with Crippen molar-refractivity contribution in [2.75, 3.05) is 18.3 Å². The van der Waals surface area contributed by atoms with Crippen LogP contribution in [0.1, 0.15) is 28.4 Å². The highest BCUT2D eigenvalue weighted by Crippen LogP contribution is 2.34. The molecule has 11 heteroatoms. The van der Waals surface area contributed by atoms with Crippen molar-refractivity contribution in [3.63, 3.8) is 0 Å². The highest BCUT2D eigenvalue weighted by Gasteiger charge is 2.32. The van der Waals surface area contributed by atoms with E-state index in [0.29, 0.717) is 12.2 Å². The van der Waals surface area contributed by atoms with Crippen molar-refractivity contribution in [1.29, 1.82) is 5.41 Å². The Labute approximate surface area is 215 Å². The normalized spacial score (nSPS) is 20.1. The maximum atomic E-state index is 13.4. The number of carbonyl (C=O) groups excluding carboxylic acids is 1. The Morgan fingerprint density at radius 2 is 1.84 bits per heavy atom. The van der Waals surface area contributed by atoms with Crippen LogP contribution in [-0.2, 0) is 21.4 Å². The van der Waals surface area contributed by atoms with Gasteiger partial charge in [-0.2, -0.15) is 13.4 Å². The Morgan fingerprint density at radius 3 is 2.57 bits per heavy atom. The summed E-state index contributed by atoms with van der Waals surface area (Å²) < 4.78 is 34.7. The molecule has 190 valence electrons. The predicted octanol–water partition coefficient (Wildman–Crippen LogP) is 3.06. The molecular formula is C26H26N6O4S. The molecule has 1 unspecified atom stereocenters. The van der Waals surface area contributed by atoms with Gasteiger partial charge in [0.1, 0.15) is 11.8 Å². The highest BCUT2D eigenvalue weighted by atomic mass is 32.2. The number of ether oxygens (including phenoxy) is 1. The fourth-order valence-electron chi connectivity index (χ4n) is 4.63. The molecule has 37 heavy (non-hydrogen) atoms. The molecule has 0 aliphatic carbocycles. The molecule has 3 N–H and O–H groups in total. The molecule has 1 amide bonds. The number of hydrogen-bond donors (Lipinski definition) is 3. The highest BCUT2D eigenvalue weighted by molar-refractivity contribution is 8.07. The third kappa shape index (κ3) is 4.65. The van der Waals surface area contributed by atoms with Gasteiger partial charge in [-0.05, 0) is 36.1 Å². The minimum atomic E-state index is -4.39. The quantitative estimate of drug-likeness (QED) is 0.474. The van der Waals surface area contributed by atoms with E-state index in [4.69, 9.17) is 10.1 Å². The van der Waals surface area contributed by atoms with Gasteiger partial charge in [-0.25, -0.2) is 9.71 Å². The Hall–Kier alpha value is -4.25. The molecule has 0 fully saturated rings. The van der Waals surface area contributed by atoms with Gasteiger partial charge in [0, 0.05) is 31.3 Å². The van der Waals surface area contributed by atoms with E-state index in [-0.39, 0.29) is 24.1 Å². The number of aryl methyl sites for hydroxylation is 2. The van der Waals surface area contributed by atoms with Gasteiger partial charge in [0.05, 0.1) is 12.2 Å². The minimum Gasteiger partial charge on any atom is -0.467 e. The van der Waals surface area contributed by atoms with Gasteiger partial charge >= 0.3 is 0 Å². The lowest BCUT2D eigenvalue weighted by Crippen LogP contribution is -2.42. The standard InChI is InChI=1S/C26H26N6O4S/c1-15-7-6-8-16(2)24(15)19-12-23-30-26(29-19)31-37(34,35)22(27)11-20(28-3)25(33)32-13-17-9-4-5-10-18(17)21(14-32)36-23/h4-12,21,27-28H,13-14H2,1-3H3,(H,29,30,31)/b20-11-,27-22?. The van der Waals surface area contributed by atoms with Crippen LogP contribution in [0, 0.1) is 19.3 Å². The largest absolute Gasteiger partial charge is 0.467 e. The van der Waals surface area contributed by atoms with Gasteiger partial charge in [-0.15, -0.1) is 0 Å². The average molecular weight is 519 g/mol.